The summed E-state index contributed by atoms with van der Waals surface area (Å²) in [6, 6.07) is 10.2. The summed E-state index contributed by atoms with van der Waals surface area (Å²) in [5, 5.41) is 1.42. The minimum absolute atomic E-state index is 0.0809. The first-order chi connectivity index (χ1) is 11.4. The third kappa shape index (κ3) is 2.92. The fourth-order valence-electron chi connectivity index (χ4n) is 3.28. The van der Waals surface area contributed by atoms with Crippen LogP contribution in [-0.4, -0.2) is 24.1 Å². The molecule has 1 heterocycles. The van der Waals surface area contributed by atoms with Crippen molar-refractivity contribution >= 4 is 47.0 Å². The van der Waals surface area contributed by atoms with E-state index in [9.17, 15) is 9.59 Å². The Bertz CT molecular complexity index is 822. The van der Waals surface area contributed by atoms with Gasteiger partial charge in [-0.3, -0.25) is 4.79 Å². The number of aldehydes is 1. The normalized spacial score (nSPS) is 17.8. The van der Waals surface area contributed by atoms with E-state index in [0.717, 1.165) is 17.4 Å². The monoisotopic (exact) mass is 381 g/mol. The van der Waals surface area contributed by atoms with Crippen LogP contribution >= 0.6 is 34.8 Å². The summed E-state index contributed by atoms with van der Waals surface area (Å²) in [4.78, 5) is 25.5. The molecule has 1 aliphatic heterocycles. The molecule has 2 aromatic rings. The van der Waals surface area contributed by atoms with Gasteiger partial charge >= 0.3 is 0 Å². The van der Waals surface area contributed by atoms with Crippen molar-refractivity contribution < 1.29 is 9.59 Å². The number of nitrogens with zero attached hydrogens (tertiary/aromatic N) is 1. The predicted molar refractivity (Wildman–Crippen MR) is 96.2 cm³/mol. The molecule has 6 heteroatoms. The Morgan fingerprint density at radius 2 is 1.88 bits per heavy atom. The van der Waals surface area contributed by atoms with Crippen LogP contribution in [0.1, 0.15) is 39.9 Å². The smallest absolute Gasteiger partial charge is 0.254 e. The van der Waals surface area contributed by atoms with Crippen LogP contribution in [0.5, 0.6) is 0 Å². The number of halogens is 3. The second kappa shape index (κ2) is 6.75. The lowest BCUT2D eigenvalue weighted by Crippen LogP contribution is -2.28. The van der Waals surface area contributed by atoms with Crippen molar-refractivity contribution in [2.75, 3.05) is 7.05 Å². The van der Waals surface area contributed by atoms with Crippen LogP contribution in [0.25, 0.3) is 0 Å². The third-order valence-corrected chi connectivity index (χ3v) is 5.38. The van der Waals surface area contributed by atoms with E-state index in [1.54, 1.807) is 42.3 Å². The van der Waals surface area contributed by atoms with Gasteiger partial charge in [0.2, 0.25) is 0 Å². The van der Waals surface area contributed by atoms with Gasteiger partial charge in [0.1, 0.15) is 6.29 Å². The Balaban J connectivity index is 2.12. The maximum absolute atomic E-state index is 12.5. The second-order valence-corrected chi connectivity index (χ2v) is 7.03. The number of carbonyl (C=O) groups excluding carboxylic acids is 2. The van der Waals surface area contributed by atoms with Gasteiger partial charge in [0, 0.05) is 30.0 Å². The first-order valence-corrected chi connectivity index (χ1v) is 8.52. The number of fused-ring (bicyclic) bond motifs is 1. The quantitative estimate of drug-likeness (QED) is 0.686. The van der Waals surface area contributed by atoms with Crippen LogP contribution in [0, 0.1) is 0 Å². The van der Waals surface area contributed by atoms with Gasteiger partial charge in [-0.15, -0.1) is 0 Å². The zero-order valence-corrected chi connectivity index (χ0v) is 15.1. The van der Waals surface area contributed by atoms with Crippen molar-refractivity contribution in [2.45, 2.75) is 18.4 Å². The number of hydrogen-bond acceptors (Lipinski definition) is 2. The molecule has 0 saturated carbocycles. The van der Waals surface area contributed by atoms with Gasteiger partial charge in [0.15, 0.2) is 0 Å². The van der Waals surface area contributed by atoms with Gasteiger partial charge in [-0.25, -0.2) is 0 Å². The molecule has 0 fully saturated rings. The standard InChI is InChI=1S/C18H14Cl3NO2/c1-22-17(14-9-11(19)3-4-13(14)18(22)24)12(6-7-23)10-2-5-15(20)16(21)8-10/h2-5,7-9,12,17H,6H2,1H3. The highest BCUT2D eigenvalue weighted by atomic mass is 35.5. The molecule has 0 aliphatic carbocycles. The van der Waals surface area contributed by atoms with Gasteiger partial charge in [-0.05, 0) is 41.5 Å². The SMILES string of the molecule is CN1C(=O)c2ccc(Cl)cc2C1C(CC=O)c1ccc(Cl)c(Cl)c1. The van der Waals surface area contributed by atoms with E-state index in [0.29, 0.717) is 20.6 Å². The molecule has 24 heavy (non-hydrogen) atoms. The zero-order chi connectivity index (χ0) is 17.4. The summed E-state index contributed by atoms with van der Waals surface area (Å²) in [5.41, 5.74) is 2.30. The molecule has 1 amide bonds. The molecule has 3 nitrogen and oxygen atoms in total. The Morgan fingerprint density at radius 1 is 1.12 bits per heavy atom. The van der Waals surface area contributed by atoms with Crippen molar-refractivity contribution in [3.8, 4) is 0 Å². The number of likely N-dealkylation sites (N-methyl/N-ethyl adjacent to an activating group) is 1. The van der Waals surface area contributed by atoms with Crippen molar-refractivity contribution in [1.82, 2.24) is 4.90 Å². The molecule has 0 saturated heterocycles. The lowest BCUT2D eigenvalue weighted by molar-refractivity contribution is -0.108. The van der Waals surface area contributed by atoms with E-state index < -0.39 is 0 Å². The van der Waals surface area contributed by atoms with Crippen LogP contribution in [0.4, 0.5) is 0 Å². The van der Waals surface area contributed by atoms with Gasteiger partial charge in [0.05, 0.1) is 16.1 Å². The Kier molecular flexibility index (Phi) is 4.86. The first-order valence-electron chi connectivity index (χ1n) is 7.39. The minimum Gasteiger partial charge on any atom is -0.334 e. The second-order valence-electron chi connectivity index (χ2n) is 5.77. The molecule has 2 unspecified atom stereocenters. The van der Waals surface area contributed by atoms with Crippen molar-refractivity contribution in [3.63, 3.8) is 0 Å². The fraction of sp³-hybridized carbons (Fsp3) is 0.222. The lowest BCUT2D eigenvalue weighted by Gasteiger charge is -2.29. The summed E-state index contributed by atoms with van der Waals surface area (Å²) in [5.74, 6) is -0.312. The highest BCUT2D eigenvalue weighted by Crippen LogP contribution is 2.45. The first kappa shape index (κ1) is 17.3. The number of amides is 1. The molecule has 0 N–H and O–H groups in total. The van der Waals surface area contributed by atoms with E-state index >= 15 is 0 Å². The average Bonchev–Trinajstić information content (AvgIpc) is 2.79. The number of hydrogen-bond donors (Lipinski definition) is 0. The molecule has 2 aromatic carbocycles. The molecular weight excluding hydrogens is 369 g/mol. The number of carbonyl (C=O) groups is 2. The van der Waals surface area contributed by atoms with Gasteiger partial charge in [0.25, 0.3) is 5.91 Å². The Morgan fingerprint density at radius 3 is 2.54 bits per heavy atom. The van der Waals surface area contributed by atoms with E-state index in [4.69, 9.17) is 34.8 Å². The summed E-state index contributed by atoms with van der Waals surface area (Å²) in [7, 11) is 1.73. The van der Waals surface area contributed by atoms with Crippen molar-refractivity contribution in [3.05, 3.63) is 68.2 Å². The van der Waals surface area contributed by atoms with Crippen LogP contribution in [0.3, 0.4) is 0 Å². The summed E-state index contributed by atoms with van der Waals surface area (Å²) >= 11 is 18.2. The maximum atomic E-state index is 12.5. The molecule has 0 spiro atoms. The molecule has 0 bridgehead atoms. The van der Waals surface area contributed by atoms with E-state index in [1.807, 2.05) is 6.07 Å². The molecule has 2 atom stereocenters. The summed E-state index contributed by atoms with van der Waals surface area (Å²) in [6.07, 6.45) is 1.11. The van der Waals surface area contributed by atoms with Crippen LogP contribution in [-0.2, 0) is 4.79 Å². The van der Waals surface area contributed by atoms with Gasteiger partial charge < -0.3 is 9.69 Å². The zero-order valence-electron chi connectivity index (χ0n) is 12.8. The van der Waals surface area contributed by atoms with E-state index in [1.165, 1.54) is 0 Å². The fourth-order valence-corrected chi connectivity index (χ4v) is 3.77. The highest BCUT2D eigenvalue weighted by Gasteiger charge is 2.39. The summed E-state index contributed by atoms with van der Waals surface area (Å²) in [6.45, 7) is 0. The minimum atomic E-state index is -0.284. The molecule has 1 aliphatic rings. The summed E-state index contributed by atoms with van der Waals surface area (Å²) < 4.78 is 0. The van der Waals surface area contributed by atoms with Crippen LogP contribution in [0.2, 0.25) is 15.1 Å². The highest BCUT2D eigenvalue weighted by molar-refractivity contribution is 6.42. The maximum Gasteiger partial charge on any atom is 0.254 e. The molecule has 0 radical (unpaired) electrons. The number of benzene rings is 2. The topological polar surface area (TPSA) is 37.4 Å². The predicted octanol–water partition coefficient (Wildman–Crippen LogP) is 5.15. The average molecular weight is 383 g/mol. The van der Waals surface area contributed by atoms with Crippen LogP contribution in [0.15, 0.2) is 36.4 Å². The Hall–Kier alpha value is -1.55. The van der Waals surface area contributed by atoms with Crippen molar-refractivity contribution in [2.24, 2.45) is 0 Å². The van der Waals surface area contributed by atoms with E-state index in [2.05, 4.69) is 0 Å². The lowest BCUT2D eigenvalue weighted by atomic mass is 9.85. The third-order valence-electron chi connectivity index (χ3n) is 4.40. The van der Waals surface area contributed by atoms with Gasteiger partial charge in [-0.2, -0.15) is 0 Å². The molecule has 3 rings (SSSR count). The molecular formula is C18H14Cl3NO2. The number of rotatable bonds is 4. The largest absolute Gasteiger partial charge is 0.334 e. The van der Waals surface area contributed by atoms with Crippen molar-refractivity contribution in [1.29, 1.82) is 0 Å². The van der Waals surface area contributed by atoms with Gasteiger partial charge in [-0.1, -0.05) is 40.9 Å². The van der Waals surface area contributed by atoms with E-state index in [-0.39, 0.29) is 24.3 Å². The molecule has 124 valence electrons. The molecule has 0 aromatic heterocycles. The van der Waals surface area contributed by atoms with Crippen LogP contribution < -0.4 is 0 Å². The Labute approximate surface area is 155 Å².